The Morgan fingerprint density at radius 1 is 1.14 bits per heavy atom. The van der Waals surface area contributed by atoms with E-state index in [1.807, 2.05) is 39.0 Å². The fraction of sp³-hybridized carbons (Fsp3) is 0.571. The van der Waals surface area contributed by atoms with Crippen molar-refractivity contribution < 1.29 is 37.1 Å². The van der Waals surface area contributed by atoms with E-state index in [1.54, 1.807) is 19.4 Å². The summed E-state index contributed by atoms with van der Waals surface area (Å²) < 4.78 is 39.2. The minimum Gasteiger partial charge on any atom is -0.497 e. The van der Waals surface area contributed by atoms with Gasteiger partial charge in [-0.25, -0.2) is 13.4 Å². The summed E-state index contributed by atoms with van der Waals surface area (Å²) in [6.45, 7) is 9.32. The van der Waals surface area contributed by atoms with Gasteiger partial charge >= 0.3 is 0 Å². The van der Waals surface area contributed by atoms with Crippen molar-refractivity contribution in [3.8, 4) is 11.6 Å². The van der Waals surface area contributed by atoms with Gasteiger partial charge in [0.2, 0.25) is 33.6 Å². The number of benzene rings is 1. The first-order valence-corrected chi connectivity index (χ1v) is 18.4. The van der Waals surface area contributed by atoms with Crippen LogP contribution in [0.1, 0.15) is 65.7 Å². The quantitative estimate of drug-likeness (QED) is 0.266. The monoisotopic (exact) mass is 695 g/mol. The van der Waals surface area contributed by atoms with E-state index < -0.39 is 68.1 Å². The zero-order valence-electron chi connectivity index (χ0n) is 28.4. The maximum Gasteiger partial charge on any atom is 0.259 e. The largest absolute Gasteiger partial charge is 0.497 e. The zero-order chi connectivity index (χ0) is 35.3. The van der Waals surface area contributed by atoms with Crippen LogP contribution in [-0.4, -0.2) is 84.6 Å². The van der Waals surface area contributed by atoms with Crippen molar-refractivity contribution in [3.05, 3.63) is 43.1 Å². The van der Waals surface area contributed by atoms with Gasteiger partial charge in [-0.05, 0) is 73.1 Å². The maximum atomic E-state index is 14.4. The van der Waals surface area contributed by atoms with Crippen molar-refractivity contribution in [2.75, 3.05) is 13.7 Å². The minimum absolute atomic E-state index is 0.0103. The van der Waals surface area contributed by atoms with Crippen LogP contribution in [0.2, 0.25) is 0 Å². The summed E-state index contributed by atoms with van der Waals surface area (Å²) >= 11 is 0. The molecule has 264 valence electrons. The van der Waals surface area contributed by atoms with Gasteiger partial charge in [0, 0.05) is 30.3 Å². The summed E-state index contributed by atoms with van der Waals surface area (Å²) in [5, 5.41) is 6.65. The molecule has 3 aliphatic carbocycles. The number of amides is 4. The molecule has 3 N–H and O–H groups in total. The van der Waals surface area contributed by atoms with E-state index in [4.69, 9.17) is 9.47 Å². The Bertz CT molecular complexity index is 1780. The van der Waals surface area contributed by atoms with Crippen LogP contribution in [0.5, 0.6) is 11.6 Å². The first kappa shape index (κ1) is 34.7. The fourth-order valence-corrected chi connectivity index (χ4v) is 7.88. The van der Waals surface area contributed by atoms with Gasteiger partial charge in [-0.1, -0.05) is 26.8 Å². The number of carbonyl (C=O) groups excluding carboxylic acids is 4. The number of hydrogen-bond donors (Lipinski definition) is 3. The summed E-state index contributed by atoms with van der Waals surface area (Å²) in [7, 11) is -2.30. The molecule has 2 heterocycles. The lowest BCUT2D eigenvalue weighted by atomic mass is 9.85. The molecule has 3 saturated carbocycles. The number of nitrogens with zero attached hydrogens (tertiary/aromatic N) is 2. The molecule has 1 saturated heterocycles. The summed E-state index contributed by atoms with van der Waals surface area (Å²) in [5.41, 5.74) is -2.22. The molecule has 14 heteroatoms. The number of fused-ring (bicyclic) bond motifs is 1. The van der Waals surface area contributed by atoms with E-state index in [-0.39, 0.29) is 25.3 Å². The first-order chi connectivity index (χ1) is 23.1. The van der Waals surface area contributed by atoms with Crippen LogP contribution in [0.25, 0.3) is 10.8 Å². The molecule has 13 nitrogen and oxygen atoms in total. The van der Waals surface area contributed by atoms with Crippen LogP contribution in [0, 0.1) is 17.3 Å². The number of nitrogens with one attached hydrogen (secondary N) is 3. The van der Waals surface area contributed by atoms with Crippen LogP contribution in [0.4, 0.5) is 0 Å². The molecule has 6 rings (SSSR count). The number of hydrogen-bond acceptors (Lipinski definition) is 9. The van der Waals surface area contributed by atoms with Gasteiger partial charge < -0.3 is 25.0 Å². The van der Waals surface area contributed by atoms with Crippen LogP contribution >= 0.6 is 0 Å². The summed E-state index contributed by atoms with van der Waals surface area (Å²) in [6, 6.07) is 5.25. The van der Waals surface area contributed by atoms with Crippen molar-refractivity contribution in [2.45, 2.75) is 94.7 Å². The molecule has 2 aromatic rings. The molecule has 0 radical (unpaired) electrons. The molecule has 4 fully saturated rings. The van der Waals surface area contributed by atoms with Crippen molar-refractivity contribution in [3.63, 3.8) is 0 Å². The smallest absolute Gasteiger partial charge is 0.259 e. The highest BCUT2D eigenvalue weighted by atomic mass is 32.2. The number of carbonyl (C=O) groups is 4. The Morgan fingerprint density at radius 2 is 1.88 bits per heavy atom. The average molecular weight is 696 g/mol. The zero-order valence-corrected chi connectivity index (χ0v) is 29.2. The van der Waals surface area contributed by atoms with Crippen molar-refractivity contribution >= 4 is 44.4 Å². The second-order valence-electron chi connectivity index (χ2n) is 14.9. The molecule has 0 spiro atoms. The number of sulfonamides is 1. The molecule has 1 unspecified atom stereocenters. The van der Waals surface area contributed by atoms with E-state index in [2.05, 4.69) is 26.9 Å². The number of ether oxygens (including phenoxy) is 2. The number of rotatable bonds is 13. The van der Waals surface area contributed by atoms with Crippen molar-refractivity contribution in [2.24, 2.45) is 17.3 Å². The standard InChI is InChI=1S/C35H45N5O8S/c1-6-22-18-35(22,33(44)39-49(45,46)25-10-11-25)38-30(42)27-17-24(48-31-26-12-9-23(47-5)16-21(26)13-14-36-31)19-40(27)32(43)29(34(2,3)4)37-28(41)15-20-7-8-20/h6,9,12-14,16,20,22,24-25,27,29H,1,7-8,10-11,15,17-19H2,2-5H3,(H,37,41)(H,38,42)(H,39,44)/t22-,24?,27+,29-,35-/m1/s1. The predicted octanol–water partition coefficient (Wildman–Crippen LogP) is 2.59. The Labute approximate surface area is 286 Å². The summed E-state index contributed by atoms with van der Waals surface area (Å²) in [5.74, 6) is -1.33. The lowest BCUT2D eigenvalue weighted by Crippen LogP contribution is -2.60. The van der Waals surface area contributed by atoms with Crippen LogP contribution < -0.4 is 24.8 Å². The van der Waals surface area contributed by atoms with Crippen molar-refractivity contribution in [1.29, 1.82) is 0 Å². The molecular formula is C35H45N5O8S. The van der Waals surface area contributed by atoms with Gasteiger partial charge in [-0.15, -0.1) is 6.58 Å². The molecule has 5 atom stereocenters. The lowest BCUT2D eigenvalue weighted by Gasteiger charge is -2.35. The number of likely N-dealkylation sites (tertiary alicyclic amines) is 1. The average Bonchev–Trinajstić information content (AvgIpc) is 3.94. The summed E-state index contributed by atoms with van der Waals surface area (Å²) in [6.07, 6.45) is 5.91. The highest BCUT2D eigenvalue weighted by Crippen LogP contribution is 2.45. The van der Waals surface area contributed by atoms with Crippen molar-refractivity contribution in [1.82, 2.24) is 25.2 Å². The molecular weight excluding hydrogens is 650 g/mol. The van der Waals surface area contributed by atoms with Gasteiger partial charge in [0.1, 0.15) is 29.5 Å². The second-order valence-corrected chi connectivity index (χ2v) is 16.8. The number of pyridine rings is 1. The SMILES string of the molecule is C=C[C@@H]1C[C@]1(NC(=O)[C@@H]1CC(Oc2nccc3cc(OC)ccc23)CN1C(=O)[C@@H](NC(=O)CC1CC1)C(C)(C)C)C(=O)NS(=O)(=O)C1CC1. The Balaban J connectivity index is 1.27. The predicted molar refractivity (Wildman–Crippen MR) is 181 cm³/mol. The fourth-order valence-electron chi connectivity index (χ4n) is 6.52. The molecule has 4 aliphatic rings. The third-order valence-corrected chi connectivity index (χ3v) is 11.7. The molecule has 4 amide bonds. The minimum atomic E-state index is -3.87. The highest BCUT2D eigenvalue weighted by Gasteiger charge is 2.62. The molecule has 1 aromatic heterocycles. The van der Waals surface area contributed by atoms with Gasteiger partial charge in [0.25, 0.3) is 5.91 Å². The van der Waals surface area contributed by atoms with E-state index in [9.17, 15) is 27.6 Å². The van der Waals surface area contributed by atoms with Crippen LogP contribution in [0.3, 0.4) is 0 Å². The van der Waals surface area contributed by atoms with E-state index in [0.717, 1.165) is 18.2 Å². The second kappa shape index (κ2) is 12.9. The van der Waals surface area contributed by atoms with Gasteiger partial charge in [-0.2, -0.15) is 0 Å². The molecule has 49 heavy (non-hydrogen) atoms. The van der Waals surface area contributed by atoms with Gasteiger partial charge in [0.05, 0.1) is 18.9 Å². The lowest BCUT2D eigenvalue weighted by molar-refractivity contribution is -0.144. The molecule has 0 bridgehead atoms. The van der Waals surface area contributed by atoms with Crippen LogP contribution in [0.15, 0.2) is 43.1 Å². The van der Waals surface area contributed by atoms with Gasteiger partial charge in [0.15, 0.2) is 0 Å². The van der Waals surface area contributed by atoms with Crippen LogP contribution in [-0.2, 0) is 29.2 Å². The Hall–Kier alpha value is -4.20. The third kappa shape index (κ3) is 7.38. The number of methoxy groups -OCH3 is 1. The highest BCUT2D eigenvalue weighted by molar-refractivity contribution is 7.91. The third-order valence-electron chi connectivity index (χ3n) is 9.90. The number of aromatic nitrogens is 1. The molecule has 1 aromatic carbocycles. The van der Waals surface area contributed by atoms with E-state index in [1.165, 1.54) is 11.0 Å². The van der Waals surface area contributed by atoms with E-state index in [0.29, 0.717) is 42.2 Å². The normalized spacial score (nSPS) is 25.6. The van der Waals surface area contributed by atoms with E-state index >= 15 is 0 Å². The first-order valence-electron chi connectivity index (χ1n) is 16.8. The summed E-state index contributed by atoms with van der Waals surface area (Å²) in [4.78, 5) is 60.8. The molecule has 1 aliphatic heterocycles. The topological polar surface area (TPSA) is 173 Å². The van der Waals surface area contributed by atoms with Gasteiger partial charge in [-0.3, -0.25) is 23.9 Å². The maximum absolute atomic E-state index is 14.4. The Morgan fingerprint density at radius 3 is 2.49 bits per heavy atom. The Kier molecular flexibility index (Phi) is 9.14.